The predicted octanol–water partition coefficient (Wildman–Crippen LogP) is 1.90. The molecule has 0 spiro atoms. The van der Waals surface area contributed by atoms with Crippen LogP contribution in [0.3, 0.4) is 0 Å². The largest absolute Gasteiger partial charge is 0.394 e. The molecule has 0 aliphatic carbocycles. The number of carbonyl (C=O) groups is 1. The minimum absolute atomic E-state index is 0.0504. The molecule has 78 valence electrons. The number of nitrogens with one attached hydrogen (secondary N) is 1. The monoisotopic (exact) mass is 233 g/mol. The minimum Gasteiger partial charge on any atom is -0.394 e. The first-order chi connectivity index (χ1) is 6.69. The van der Waals surface area contributed by atoms with Gasteiger partial charge in [0.2, 0.25) is 0 Å². The van der Waals surface area contributed by atoms with E-state index in [1.54, 1.807) is 11.4 Å². The summed E-state index contributed by atoms with van der Waals surface area (Å²) in [5.74, 6) is -0.217. The van der Waals surface area contributed by atoms with Crippen LogP contribution in [-0.2, 0) is 0 Å². The highest BCUT2D eigenvalue weighted by Gasteiger charge is 2.14. The van der Waals surface area contributed by atoms with Crippen LogP contribution < -0.4 is 5.32 Å². The highest BCUT2D eigenvalue weighted by molar-refractivity contribution is 7.12. The van der Waals surface area contributed by atoms with Crippen LogP contribution in [0.2, 0.25) is 5.02 Å². The molecule has 0 saturated heterocycles. The number of aliphatic hydroxyl groups is 1. The Morgan fingerprint density at radius 1 is 1.79 bits per heavy atom. The summed E-state index contributed by atoms with van der Waals surface area (Å²) in [5, 5.41) is 13.8. The maximum Gasteiger partial charge on any atom is 0.263 e. The van der Waals surface area contributed by atoms with Crippen molar-refractivity contribution in [1.29, 1.82) is 0 Å². The van der Waals surface area contributed by atoms with Gasteiger partial charge in [0.25, 0.3) is 5.91 Å². The number of rotatable bonds is 4. The first kappa shape index (κ1) is 11.5. The number of halogens is 1. The molecule has 0 bridgehead atoms. The quantitative estimate of drug-likeness (QED) is 0.835. The van der Waals surface area contributed by atoms with Crippen LogP contribution in [0, 0.1) is 0 Å². The average molecular weight is 234 g/mol. The number of hydrogen-bond donors (Lipinski definition) is 2. The van der Waals surface area contributed by atoms with E-state index in [0.717, 1.165) is 0 Å². The molecule has 0 aromatic carbocycles. The van der Waals surface area contributed by atoms with Gasteiger partial charge in [-0.15, -0.1) is 11.3 Å². The van der Waals surface area contributed by atoms with Gasteiger partial charge in [0.1, 0.15) is 4.88 Å². The maximum atomic E-state index is 11.6. The van der Waals surface area contributed by atoms with Crippen molar-refractivity contribution in [3.05, 3.63) is 21.3 Å². The Labute approximate surface area is 91.7 Å². The van der Waals surface area contributed by atoms with Gasteiger partial charge in [-0.1, -0.05) is 18.5 Å². The molecule has 1 rings (SSSR count). The molecule has 3 nitrogen and oxygen atoms in total. The third-order valence-electron chi connectivity index (χ3n) is 1.87. The first-order valence-corrected chi connectivity index (χ1v) is 5.59. The zero-order chi connectivity index (χ0) is 10.6. The lowest BCUT2D eigenvalue weighted by Gasteiger charge is -2.12. The van der Waals surface area contributed by atoms with Gasteiger partial charge in [0, 0.05) is 0 Å². The molecule has 1 unspecified atom stereocenters. The van der Waals surface area contributed by atoms with Gasteiger partial charge in [-0.2, -0.15) is 0 Å². The molecule has 1 heterocycles. The molecular weight excluding hydrogens is 222 g/mol. The summed E-state index contributed by atoms with van der Waals surface area (Å²) in [6, 6.07) is 1.49. The van der Waals surface area contributed by atoms with Gasteiger partial charge in [-0.3, -0.25) is 4.79 Å². The summed E-state index contributed by atoms with van der Waals surface area (Å²) in [6.45, 7) is 1.85. The van der Waals surface area contributed by atoms with Gasteiger partial charge >= 0.3 is 0 Å². The van der Waals surface area contributed by atoms with Crippen molar-refractivity contribution < 1.29 is 9.90 Å². The van der Waals surface area contributed by atoms with Crippen LogP contribution in [0.5, 0.6) is 0 Å². The van der Waals surface area contributed by atoms with E-state index < -0.39 is 0 Å². The maximum absolute atomic E-state index is 11.6. The molecule has 0 fully saturated rings. The summed E-state index contributed by atoms with van der Waals surface area (Å²) >= 11 is 7.09. The van der Waals surface area contributed by atoms with Gasteiger partial charge in [0.05, 0.1) is 17.7 Å². The van der Waals surface area contributed by atoms with Crippen LogP contribution >= 0.6 is 22.9 Å². The number of carbonyl (C=O) groups excluding carboxylic acids is 1. The van der Waals surface area contributed by atoms with Crippen LogP contribution in [0.25, 0.3) is 0 Å². The number of hydrogen-bond acceptors (Lipinski definition) is 3. The van der Waals surface area contributed by atoms with Crippen molar-refractivity contribution in [2.45, 2.75) is 19.4 Å². The molecule has 1 amide bonds. The zero-order valence-corrected chi connectivity index (χ0v) is 9.36. The topological polar surface area (TPSA) is 49.3 Å². The molecule has 0 aliphatic rings. The Balaban J connectivity index is 2.63. The third-order valence-corrected chi connectivity index (χ3v) is 3.21. The Bertz CT molecular complexity index is 310. The van der Waals surface area contributed by atoms with Gasteiger partial charge in [-0.05, 0) is 17.9 Å². The van der Waals surface area contributed by atoms with E-state index >= 15 is 0 Å². The van der Waals surface area contributed by atoms with E-state index in [4.69, 9.17) is 16.7 Å². The van der Waals surface area contributed by atoms with Gasteiger partial charge in [0.15, 0.2) is 0 Å². The number of amides is 1. The van der Waals surface area contributed by atoms with Crippen molar-refractivity contribution in [2.24, 2.45) is 0 Å². The highest BCUT2D eigenvalue weighted by atomic mass is 35.5. The van der Waals surface area contributed by atoms with E-state index in [1.165, 1.54) is 11.3 Å². The summed E-state index contributed by atoms with van der Waals surface area (Å²) in [4.78, 5) is 12.1. The van der Waals surface area contributed by atoms with Crippen LogP contribution in [0.15, 0.2) is 11.4 Å². The van der Waals surface area contributed by atoms with Crippen LogP contribution in [0.4, 0.5) is 0 Å². The average Bonchev–Trinajstić information content (AvgIpc) is 2.60. The van der Waals surface area contributed by atoms with Gasteiger partial charge < -0.3 is 10.4 Å². The van der Waals surface area contributed by atoms with Crippen molar-refractivity contribution in [2.75, 3.05) is 6.61 Å². The van der Waals surface area contributed by atoms with E-state index in [0.29, 0.717) is 16.3 Å². The van der Waals surface area contributed by atoms with E-state index in [-0.39, 0.29) is 18.6 Å². The van der Waals surface area contributed by atoms with Crippen molar-refractivity contribution in [3.63, 3.8) is 0 Å². The SMILES string of the molecule is CCC(CO)NC(=O)c1sccc1Cl. The van der Waals surface area contributed by atoms with Gasteiger partial charge in [-0.25, -0.2) is 0 Å². The molecule has 1 atom stereocenters. The van der Waals surface area contributed by atoms with E-state index in [2.05, 4.69) is 5.32 Å². The Kier molecular flexibility index (Phi) is 4.38. The fourth-order valence-electron chi connectivity index (χ4n) is 0.984. The summed E-state index contributed by atoms with van der Waals surface area (Å²) < 4.78 is 0. The second kappa shape index (κ2) is 5.34. The molecule has 0 saturated carbocycles. The number of thiophene rings is 1. The zero-order valence-electron chi connectivity index (χ0n) is 7.79. The second-order valence-corrected chi connectivity index (χ2v) is 4.18. The lowest BCUT2D eigenvalue weighted by Crippen LogP contribution is -2.36. The predicted molar refractivity (Wildman–Crippen MR) is 58.0 cm³/mol. The Hall–Kier alpha value is -0.580. The Morgan fingerprint density at radius 3 is 2.93 bits per heavy atom. The lowest BCUT2D eigenvalue weighted by atomic mass is 10.2. The lowest BCUT2D eigenvalue weighted by molar-refractivity contribution is 0.0919. The normalized spacial score (nSPS) is 12.5. The molecule has 14 heavy (non-hydrogen) atoms. The molecule has 0 aliphatic heterocycles. The fourth-order valence-corrected chi connectivity index (χ4v) is 2.03. The smallest absolute Gasteiger partial charge is 0.263 e. The highest BCUT2D eigenvalue weighted by Crippen LogP contribution is 2.21. The first-order valence-electron chi connectivity index (χ1n) is 4.33. The Morgan fingerprint density at radius 2 is 2.50 bits per heavy atom. The minimum atomic E-state index is -0.217. The van der Waals surface area contributed by atoms with Crippen molar-refractivity contribution in [1.82, 2.24) is 5.32 Å². The third kappa shape index (κ3) is 2.70. The molecule has 5 heteroatoms. The fraction of sp³-hybridized carbons (Fsp3) is 0.444. The molecule has 0 radical (unpaired) electrons. The summed E-state index contributed by atoms with van der Waals surface area (Å²) in [7, 11) is 0. The molecular formula is C9H12ClNO2S. The molecule has 1 aromatic heterocycles. The van der Waals surface area contributed by atoms with E-state index in [1.807, 2.05) is 6.92 Å². The standard InChI is InChI=1S/C9H12ClNO2S/c1-2-6(5-12)11-9(13)8-7(10)3-4-14-8/h3-4,6,12H,2,5H2,1H3,(H,11,13). The van der Waals surface area contributed by atoms with Crippen molar-refractivity contribution in [3.8, 4) is 0 Å². The molecule has 1 aromatic rings. The summed E-state index contributed by atoms with van der Waals surface area (Å²) in [5.41, 5.74) is 0. The van der Waals surface area contributed by atoms with Crippen LogP contribution in [-0.4, -0.2) is 23.7 Å². The van der Waals surface area contributed by atoms with Crippen molar-refractivity contribution >= 4 is 28.8 Å². The molecule has 2 N–H and O–H groups in total. The second-order valence-electron chi connectivity index (χ2n) is 2.86. The van der Waals surface area contributed by atoms with E-state index in [9.17, 15) is 4.79 Å². The number of aliphatic hydroxyl groups excluding tert-OH is 1. The summed E-state index contributed by atoms with van der Waals surface area (Å²) in [6.07, 6.45) is 0.700. The van der Waals surface area contributed by atoms with Crippen LogP contribution in [0.1, 0.15) is 23.0 Å².